The maximum absolute atomic E-state index is 13.0. The molecule has 3 heterocycles. The molecule has 1 aromatic carbocycles. The molecule has 0 aliphatic carbocycles. The predicted octanol–water partition coefficient (Wildman–Crippen LogP) is 2.54. The Labute approximate surface area is 183 Å². The van der Waals surface area contributed by atoms with Crippen LogP contribution < -0.4 is 10.3 Å². The number of methoxy groups -OCH3 is 1. The summed E-state index contributed by atoms with van der Waals surface area (Å²) in [7, 11) is 1.56. The van der Waals surface area contributed by atoms with Crippen LogP contribution in [0.3, 0.4) is 0 Å². The predicted molar refractivity (Wildman–Crippen MR) is 118 cm³/mol. The summed E-state index contributed by atoms with van der Waals surface area (Å²) >= 11 is 0. The lowest BCUT2D eigenvalue weighted by atomic mass is 10.1. The fourth-order valence-corrected chi connectivity index (χ4v) is 3.10. The van der Waals surface area contributed by atoms with Gasteiger partial charge in [0.2, 0.25) is 5.88 Å². The van der Waals surface area contributed by atoms with Crippen LogP contribution in [0.1, 0.15) is 27.2 Å². The summed E-state index contributed by atoms with van der Waals surface area (Å²) in [6.45, 7) is 0.273. The van der Waals surface area contributed by atoms with E-state index in [1.807, 2.05) is 12.1 Å². The minimum Gasteiger partial charge on any atom is -0.481 e. The van der Waals surface area contributed by atoms with Crippen molar-refractivity contribution in [1.29, 1.82) is 0 Å². The van der Waals surface area contributed by atoms with Crippen LogP contribution in [-0.2, 0) is 13.0 Å². The van der Waals surface area contributed by atoms with Crippen LogP contribution in [0.15, 0.2) is 66.0 Å². The van der Waals surface area contributed by atoms with E-state index in [4.69, 9.17) is 9.84 Å². The van der Waals surface area contributed by atoms with E-state index >= 15 is 0 Å². The van der Waals surface area contributed by atoms with Crippen molar-refractivity contribution >= 4 is 16.9 Å². The zero-order valence-electron chi connectivity index (χ0n) is 17.1. The number of carboxylic acids is 1. The van der Waals surface area contributed by atoms with Crippen molar-refractivity contribution in [1.82, 2.24) is 19.5 Å². The maximum atomic E-state index is 13.0. The maximum Gasteiger partial charge on any atom is 0.335 e. The van der Waals surface area contributed by atoms with Gasteiger partial charge in [0.1, 0.15) is 5.69 Å². The fraction of sp³-hybridized carbons (Fsp3) is 0.125. The molecule has 0 radical (unpaired) electrons. The zero-order chi connectivity index (χ0) is 22.5. The summed E-state index contributed by atoms with van der Waals surface area (Å²) in [5.41, 5.74) is 2.68. The zero-order valence-corrected chi connectivity index (χ0v) is 17.1. The first kappa shape index (κ1) is 20.8. The molecule has 4 rings (SSSR count). The lowest BCUT2D eigenvalue weighted by Crippen LogP contribution is -2.21. The Balaban J connectivity index is 1.57. The first-order valence-electron chi connectivity index (χ1n) is 9.69. The molecule has 8 heteroatoms. The minimum absolute atomic E-state index is 0.192. The molecule has 0 aliphatic rings. The number of pyridine rings is 2. The van der Waals surface area contributed by atoms with E-state index in [9.17, 15) is 9.59 Å². The second kappa shape index (κ2) is 9.10. The van der Waals surface area contributed by atoms with Gasteiger partial charge in [0, 0.05) is 18.7 Å². The number of benzene rings is 1. The molecule has 0 fully saturated rings. The largest absolute Gasteiger partial charge is 0.481 e. The number of carbonyl (C=O) groups is 1. The van der Waals surface area contributed by atoms with E-state index in [0.717, 1.165) is 11.1 Å². The van der Waals surface area contributed by atoms with Crippen LogP contribution in [-0.4, -0.2) is 37.7 Å². The van der Waals surface area contributed by atoms with E-state index in [1.165, 1.54) is 29.2 Å². The third-order valence-corrected chi connectivity index (χ3v) is 4.78. The number of carboxylic acid groups (broad SMARTS) is 1. The summed E-state index contributed by atoms with van der Waals surface area (Å²) in [6.07, 6.45) is 5.14. The number of aromatic nitrogens is 4. The molecule has 0 saturated carbocycles. The molecule has 0 spiro atoms. The summed E-state index contributed by atoms with van der Waals surface area (Å²) in [6, 6.07) is 11.7. The molecule has 0 aliphatic heterocycles. The van der Waals surface area contributed by atoms with Crippen molar-refractivity contribution in [3.05, 3.63) is 93.9 Å². The third kappa shape index (κ3) is 4.63. The highest BCUT2D eigenvalue weighted by Crippen LogP contribution is 2.10. The van der Waals surface area contributed by atoms with E-state index in [-0.39, 0.29) is 17.7 Å². The number of ether oxygens (including phenoxy) is 1. The number of nitrogens with zero attached hydrogens (tertiary/aromatic N) is 4. The van der Waals surface area contributed by atoms with Gasteiger partial charge in [-0.05, 0) is 41.3 Å². The van der Waals surface area contributed by atoms with Crippen molar-refractivity contribution in [3.63, 3.8) is 0 Å². The Kier molecular flexibility index (Phi) is 5.90. The molecule has 0 atom stereocenters. The second-order valence-electron chi connectivity index (χ2n) is 6.95. The minimum atomic E-state index is -0.995. The quantitative estimate of drug-likeness (QED) is 0.489. The van der Waals surface area contributed by atoms with Crippen molar-refractivity contribution in [3.8, 4) is 17.7 Å². The first-order valence-corrected chi connectivity index (χ1v) is 9.69. The molecule has 32 heavy (non-hydrogen) atoms. The van der Waals surface area contributed by atoms with Crippen LogP contribution in [0, 0.1) is 11.8 Å². The van der Waals surface area contributed by atoms with Gasteiger partial charge in [-0.25, -0.2) is 19.7 Å². The van der Waals surface area contributed by atoms with Crippen molar-refractivity contribution in [2.24, 2.45) is 0 Å². The smallest absolute Gasteiger partial charge is 0.335 e. The molecule has 0 saturated heterocycles. The van der Waals surface area contributed by atoms with E-state index in [2.05, 4.69) is 26.8 Å². The number of fused-ring (bicyclic) bond motifs is 1. The molecule has 8 nitrogen and oxygen atoms in total. The molecular weight excluding hydrogens is 408 g/mol. The number of hydrogen-bond donors (Lipinski definition) is 1. The van der Waals surface area contributed by atoms with Gasteiger partial charge in [-0.15, -0.1) is 0 Å². The van der Waals surface area contributed by atoms with Crippen molar-refractivity contribution < 1.29 is 14.6 Å². The van der Waals surface area contributed by atoms with Gasteiger partial charge < -0.3 is 9.84 Å². The van der Waals surface area contributed by atoms with E-state index in [0.29, 0.717) is 28.9 Å². The van der Waals surface area contributed by atoms with Gasteiger partial charge in [0.15, 0.2) is 0 Å². The van der Waals surface area contributed by atoms with Gasteiger partial charge >= 0.3 is 5.97 Å². The van der Waals surface area contributed by atoms with Crippen LogP contribution in [0.5, 0.6) is 5.88 Å². The number of rotatable bonds is 5. The average molecular weight is 426 g/mol. The first-order chi connectivity index (χ1) is 15.5. The van der Waals surface area contributed by atoms with E-state index < -0.39 is 5.97 Å². The topological polar surface area (TPSA) is 107 Å². The lowest BCUT2D eigenvalue weighted by Gasteiger charge is -2.07. The Morgan fingerprint density at radius 3 is 2.66 bits per heavy atom. The monoisotopic (exact) mass is 426 g/mol. The Bertz CT molecular complexity index is 1420. The molecule has 0 unspecified atom stereocenters. The van der Waals surface area contributed by atoms with Crippen LogP contribution in [0.2, 0.25) is 0 Å². The second-order valence-corrected chi connectivity index (χ2v) is 6.95. The van der Waals surface area contributed by atoms with Gasteiger partial charge in [0.05, 0.1) is 42.6 Å². The van der Waals surface area contributed by atoms with Gasteiger partial charge in [-0.3, -0.25) is 9.36 Å². The molecular formula is C24H18N4O4. The normalized spacial score (nSPS) is 10.4. The SMILES string of the molecule is COc1cc(CC#Cc2cc3c(=O)n(Cc4ccc(C(=O)O)cc4)cnc3cn2)ccn1. The highest BCUT2D eigenvalue weighted by molar-refractivity contribution is 5.87. The van der Waals surface area contributed by atoms with Gasteiger partial charge in [0.25, 0.3) is 5.56 Å². The summed E-state index contributed by atoms with van der Waals surface area (Å²) in [5, 5.41) is 9.43. The highest BCUT2D eigenvalue weighted by Gasteiger charge is 2.07. The van der Waals surface area contributed by atoms with Crippen molar-refractivity contribution in [2.75, 3.05) is 7.11 Å². The Morgan fingerprint density at radius 1 is 1.09 bits per heavy atom. The average Bonchev–Trinajstić information content (AvgIpc) is 2.81. The molecule has 3 aromatic heterocycles. The lowest BCUT2D eigenvalue weighted by molar-refractivity contribution is 0.0697. The standard InChI is InChI=1S/C24H18N4O4/c1-32-22-11-16(9-10-25-22)3-2-4-19-12-20-21(13-26-19)27-15-28(23(20)29)14-17-5-7-18(8-6-17)24(30)31/h5-13,15H,3,14H2,1H3,(H,30,31). The van der Waals surface area contributed by atoms with E-state index in [1.54, 1.807) is 31.5 Å². The van der Waals surface area contributed by atoms with Crippen LogP contribution >= 0.6 is 0 Å². The summed E-state index contributed by atoms with van der Waals surface area (Å²) in [5.74, 6) is 5.56. The molecule has 158 valence electrons. The molecule has 0 amide bonds. The summed E-state index contributed by atoms with van der Waals surface area (Å²) < 4.78 is 6.58. The van der Waals surface area contributed by atoms with Gasteiger partial charge in [-0.1, -0.05) is 18.1 Å². The van der Waals surface area contributed by atoms with Crippen LogP contribution in [0.4, 0.5) is 0 Å². The Hall–Kier alpha value is -4.51. The number of hydrogen-bond acceptors (Lipinski definition) is 6. The fourth-order valence-electron chi connectivity index (χ4n) is 3.10. The number of aromatic carboxylic acids is 1. The summed E-state index contributed by atoms with van der Waals surface area (Å²) in [4.78, 5) is 36.6. The van der Waals surface area contributed by atoms with Crippen molar-refractivity contribution in [2.45, 2.75) is 13.0 Å². The molecule has 0 bridgehead atoms. The Morgan fingerprint density at radius 2 is 1.91 bits per heavy atom. The third-order valence-electron chi connectivity index (χ3n) is 4.78. The molecule has 1 N–H and O–H groups in total. The molecule has 4 aromatic rings. The van der Waals surface area contributed by atoms with Crippen LogP contribution in [0.25, 0.3) is 10.9 Å². The highest BCUT2D eigenvalue weighted by atomic mass is 16.5. The van der Waals surface area contributed by atoms with Gasteiger partial charge in [-0.2, -0.15) is 0 Å².